The van der Waals surface area contributed by atoms with Crippen molar-refractivity contribution in [1.29, 1.82) is 0 Å². The zero-order valence-corrected chi connectivity index (χ0v) is 27.6. The number of fused-ring (bicyclic) bond motifs is 1. The lowest BCUT2D eigenvalue weighted by Crippen LogP contribution is -2.56. The molecule has 9 nitrogen and oxygen atoms in total. The number of hydrogen-bond donors (Lipinski definition) is 1. The van der Waals surface area contributed by atoms with Gasteiger partial charge >= 0.3 is 0 Å². The number of aliphatic hydroxyl groups excluding tert-OH is 1. The summed E-state index contributed by atoms with van der Waals surface area (Å²) in [5.41, 5.74) is 0.784. The SMILES string of the molecule is C=CCN(CCN1CCOCC1)C(=O)C1N(CCCCCCO)C(=O)[C@@H]2[C@@H](C(=O)N(CC=C)c3ccccc3)[C@@]3(C)CCC12S3. The van der Waals surface area contributed by atoms with E-state index < -0.39 is 27.4 Å². The van der Waals surface area contributed by atoms with Crippen molar-refractivity contribution in [2.24, 2.45) is 11.8 Å². The molecule has 5 rings (SSSR count). The van der Waals surface area contributed by atoms with Gasteiger partial charge in [0.2, 0.25) is 17.7 Å². The van der Waals surface area contributed by atoms with E-state index >= 15 is 0 Å². The number of ether oxygens (including phenoxy) is 1. The maximum absolute atomic E-state index is 14.7. The van der Waals surface area contributed by atoms with E-state index in [1.807, 2.05) is 40.1 Å². The summed E-state index contributed by atoms with van der Waals surface area (Å²) in [6.45, 7) is 15.7. The predicted octanol–water partition coefficient (Wildman–Crippen LogP) is 3.59. The molecule has 0 saturated carbocycles. The van der Waals surface area contributed by atoms with Crippen LogP contribution in [0.3, 0.4) is 0 Å². The Bertz CT molecular complexity index is 1230. The number of likely N-dealkylation sites (tertiary alicyclic amines) is 1. The number of aliphatic hydroxyl groups is 1. The molecule has 0 aliphatic carbocycles. The molecule has 5 atom stereocenters. The Morgan fingerprint density at radius 3 is 2.42 bits per heavy atom. The van der Waals surface area contributed by atoms with Crippen LogP contribution < -0.4 is 4.90 Å². The van der Waals surface area contributed by atoms with Crippen molar-refractivity contribution in [3.63, 3.8) is 0 Å². The Hall–Kier alpha value is -2.66. The second-order valence-electron chi connectivity index (χ2n) is 13.0. The van der Waals surface area contributed by atoms with Crippen LogP contribution in [0.4, 0.5) is 5.69 Å². The summed E-state index contributed by atoms with van der Waals surface area (Å²) < 4.78 is 4.40. The number of nitrogens with zero attached hydrogens (tertiary/aromatic N) is 4. The lowest BCUT2D eigenvalue weighted by atomic mass is 9.66. The quantitative estimate of drug-likeness (QED) is 0.219. The van der Waals surface area contributed by atoms with Gasteiger partial charge in [-0.1, -0.05) is 43.2 Å². The topological polar surface area (TPSA) is 93.6 Å². The van der Waals surface area contributed by atoms with Crippen molar-refractivity contribution in [2.75, 3.05) is 70.5 Å². The first kappa shape index (κ1) is 33.7. The van der Waals surface area contributed by atoms with Gasteiger partial charge in [-0.05, 0) is 44.7 Å². The Morgan fingerprint density at radius 1 is 1.02 bits per heavy atom. The van der Waals surface area contributed by atoms with Gasteiger partial charge in [0.15, 0.2) is 0 Å². The number of carbonyl (C=O) groups is 3. The first-order valence-electron chi connectivity index (χ1n) is 16.6. The molecule has 45 heavy (non-hydrogen) atoms. The van der Waals surface area contributed by atoms with Crippen molar-refractivity contribution in [2.45, 2.75) is 61.0 Å². The van der Waals surface area contributed by atoms with Gasteiger partial charge in [0.1, 0.15) is 6.04 Å². The molecule has 4 aliphatic rings. The van der Waals surface area contributed by atoms with E-state index in [0.29, 0.717) is 39.4 Å². The average molecular weight is 639 g/mol. The lowest BCUT2D eigenvalue weighted by molar-refractivity contribution is -0.143. The molecule has 0 radical (unpaired) electrons. The van der Waals surface area contributed by atoms with Gasteiger partial charge in [0, 0.05) is 62.9 Å². The second kappa shape index (κ2) is 14.8. The fourth-order valence-electron chi connectivity index (χ4n) is 8.00. The van der Waals surface area contributed by atoms with Crippen LogP contribution in [0.5, 0.6) is 0 Å². The van der Waals surface area contributed by atoms with E-state index in [-0.39, 0.29) is 24.3 Å². The number of rotatable bonds is 16. The van der Waals surface area contributed by atoms with Crippen LogP contribution in [0.15, 0.2) is 55.6 Å². The van der Waals surface area contributed by atoms with Gasteiger partial charge in [0.25, 0.3) is 0 Å². The van der Waals surface area contributed by atoms with Crippen LogP contribution in [0, 0.1) is 11.8 Å². The van der Waals surface area contributed by atoms with Crippen LogP contribution in [0.2, 0.25) is 0 Å². The van der Waals surface area contributed by atoms with Gasteiger partial charge in [-0.2, -0.15) is 0 Å². The lowest BCUT2D eigenvalue weighted by Gasteiger charge is -2.38. The van der Waals surface area contributed by atoms with Gasteiger partial charge < -0.3 is 24.5 Å². The number of benzene rings is 1. The third kappa shape index (κ3) is 6.62. The molecule has 4 aliphatic heterocycles. The fourth-order valence-corrected chi connectivity index (χ4v) is 10.3. The highest BCUT2D eigenvalue weighted by atomic mass is 32.2. The van der Waals surface area contributed by atoms with Crippen molar-refractivity contribution < 1.29 is 24.2 Å². The summed E-state index contributed by atoms with van der Waals surface area (Å²) in [7, 11) is 0. The number of amides is 3. The van der Waals surface area contributed by atoms with E-state index in [2.05, 4.69) is 25.0 Å². The molecule has 10 heteroatoms. The zero-order chi connectivity index (χ0) is 32.0. The van der Waals surface area contributed by atoms with Gasteiger partial charge in [0.05, 0.1) is 29.8 Å². The Labute approximate surface area is 272 Å². The zero-order valence-electron chi connectivity index (χ0n) is 26.8. The first-order valence-corrected chi connectivity index (χ1v) is 17.4. The number of morpholine rings is 1. The summed E-state index contributed by atoms with van der Waals surface area (Å²) in [5.74, 6) is -1.28. The number of para-hydroxylation sites is 1. The fraction of sp³-hybridized carbons (Fsp3) is 0.629. The van der Waals surface area contributed by atoms with E-state index in [0.717, 1.165) is 63.8 Å². The molecule has 1 spiro atoms. The molecule has 2 unspecified atom stereocenters. The van der Waals surface area contributed by atoms with Crippen LogP contribution in [0.1, 0.15) is 45.4 Å². The third-order valence-electron chi connectivity index (χ3n) is 10.2. The summed E-state index contributed by atoms with van der Waals surface area (Å²) in [4.78, 5) is 51.7. The summed E-state index contributed by atoms with van der Waals surface area (Å²) in [5, 5.41) is 9.26. The van der Waals surface area contributed by atoms with Crippen molar-refractivity contribution in [3.05, 3.63) is 55.6 Å². The highest BCUT2D eigenvalue weighted by Gasteiger charge is 2.77. The summed E-state index contributed by atoms with van der Waals surface area (Å²) in [6.07, 6.45) is 8.21. The highest BCUT2D eigenvalue weighted by Crippen LogP contribution is 2.71. The van der Waals surface area contributed by atoms with E-state index in [4.69, 9.17) is 4.74 Å². The van der Waals surface area contributed by atoms with Gasteiger partial charge in [-0.15, -0.1) is 24.9 Å². The van der Waals surface area contributed by atoms with Crippen molar-refractivity contribution in [1.82, 2.24) is 14.7 Å². The molecule has 1 aromatic rings. The monoisotopic (exact) mass is 638 g/mol. The normalized spacial score (nSPS) is 29.1. The standard InChI is InChI=1S/C35H50N4O5S/c1-4-17-37(21-20-36-22-25-44-26-23-36)33(43)30-35-16-15-34(3,45-35)28(29(35)32(42)39(30)19-11-6-7-12-24-40)31(41)38(18-5-2)27-13-9-8-10-14-27/h4-5,8-10,13-14,28-30,40H,1-2,6-7,11-12,15-26H2,3H3/t28-,29-,30?,34+,35?/m0/s1. The van der Waals surface area contributed by atoms with E-state index in [9.17, 15) is 19.5 Å². The maximum Gasteiger partial charge on any atom is 0.247 e. The molecule has 4 fully saturated rings. The molecule has 4 saturated heterocycles. The Kier molecular flexibility index (Phi) is 11.1. The largest absolute Gasteiger partial charge is 0.396 e. The van der Waals surface area contributed by atoms with Crippen LogP contribution in [-0.4, -0.2) is 119 Å². The summed E-state index contributed by atoms with van der Waals surface area (Å²) >= 11 is 1.72. The second-order valence-corrected chi connectivity index (χ2v) is 14.9. The van der Waals surface area contributed by atoms with Crippen LogP contribution >= 0.6 is 11.8 Å². The maximum atomic E-state index is 14.7. The van der Waals surface area contributed by atoms with Crippen LogP contribution in [0.25, 0.3) is 0 Å². The molecule has 246 valence electrons. The minimum Gasteiger partial charge on any atom is -0.396 e. The van der Waals surface area contributed by atoms with E-state index in [1.54, 1.807) is 28.8 Å². The molecule has 0 aromatic heterocycles. The van der Waals surface area contributed by atoms with Crippen LogP contribution in [-0.2, 0) is 19.1 Å². The minimum atomic E-state index is -0.663. The smallest absolute Gasteiger partial charge is 0.247 e. The van der Waals surface area contributed by atoms with Gasteiger partial charge in [-0.3, -0.25) is 19.3 Å². The number of carbonyl (C=O) groups excluding carboxylic acids is 3. The third-order valence-corrected chi connectivity index (χ3v) is 12.2. The molecule has 2 bridgehead atoms. The number of anilines is 1. The molecule has 3 amide bonds. The number of unbranched alkanes of at least 4 members (excludes halogenated alkanes) is 3. The minimum absolute atomic E-state index is 0.0368. The average Bonchev–Trinajstić information content (AvgIpc) is 3.62. The van der Waals surface area contributed by atoms with E-state index in [1.165, 1.54) is 0 Å². The van der Waals surface area contributed by atoms with Crippen molar-refractivity contribution in [3.8, 4) is 0 Å². The summed E-state index contributed by atoms with van der Waals surface area (Å²) in [6, 6.07) is 8.96. The van der Waals surface area contributed by atoms with Gasteiger partial charge in [-0.25, -0.2) is 0 Å². The highest BCUT2D eigenvalue weighted by molar-refractivity contribution is 8.02. The van der Waals surface area contributed by atoms with Crippen molar-refractivity contribution >= 4 is 35.2 Å². The number of hydrogen-bond acceptors (Lipinski definition) is 7. The molecule has 1 N–H and O–H groups in total. The molecule has 1 aromatic carbocycles. The molecular formula is C35H50N4O5S. The first-order chi connectivity index (χ1) is 21.8. The number of thioether (sulfide) groups is 1. The molecule has 4 heterocycles. The predicted molar refractivity (Wildman–Crippen MR) is 179 cm³/mol. The Morgan fingerprint density at radius 2 is 1.73 bits per heavy atom. The molecular weight excluding hydrogens is 588 g/mol. The Balaban J connectivity index is 1.47.